The van der Waals surface area contributed by atoms with E-state index >= 15 is 0 Å². The van der Waals surface area contributed by atoms with Crippen LogP contribution in [0.2, 0.25) is 0 Å². The SMILES string of the molecule is CC(=Cc1csc(C)n1)[C@@H]1CC=C(CO)C(O)CC[C@H](C)[C@H](O)[C@@H](C)C(=O)C(C)(C)[C@@H](O)CC(=O)O1. The van der Waals surface area contributed by atoms with Crippen LogP contribution < -0.4 is 0 Å². The van der Waals surface area contributed by atoms with Gasteiger partial charge in [0.1, 0.15) is 11.9 Å². The number of carbonyl (C=O) groups excluding carboxylic acids is 2. The maximum Gasteiger partial charge on any atom is 0.309 e. The smallest absolute Gasteiger partial charge is 0.309 e. The lowest BCUT2D eigenvalue weighted by Gasteiger charge is -2.34. The number of aliphatic hydroxyl groups excluding tert-OH is 4. The maximum atomic E-state index is 13.2. The number of aryl methyl sites for hydroxylation is 1. The van der Waals surface area contributed by atoms with Gasteiger partial charge in [0.15, 0.2) is 0 Å². The molecule has 0 aliphatic carbocycles. The highest BCUT2D eigenvalue weighted by Crippen LogP contribution is 2.32. The third-order valence-electron chi connectivity index (χ3n) is 7.23. The van der Waals surface area contributed by atoms with Gasteiger partial charge in [-0.3, -0.25) is 9.59 Å². The minimum Gasteiger partial charge on any atom is -0.457 e. The first kappa shape index (κ1) is 30.3. The summed E-state index contributed by atoms with van der Waals surface area (Å²) in [7, 11) is 0. The van der Waals surface area contributed by atoms with Crippen molar-refractivity contribution in [2.24, 2.45) is 17.3 Å². The first-order valence-corrected chi connectivity index (χ1v) is 13.3. The van der Waals surface area contributed by atoms with Crippen LogP contribution in [-0.2, 0) is 14.3 Å². The van der Waals surface area contributed by atoms with Crippen molar-refractivity contribution < 1.29 is 34.8 Å². The number of rotatable bonds is 3. The molecule has 0 bridgehead atoms. The van der Waals surface area contributed by atoms with Gasteiger partial charge in [-0.2, -0.15) is 0 Å². The van der Waals surface area contributed by atoms with Gasteiger partial charge in [0.2, 0.25) is 0 Å². The number of thiazole rings is 1. The Morgan fingerprint density at radius 1 is 1.22 bits per heavy atom. The van der Waals surface area contributed by atoms with Crippen LogP contribution in [0.3, 0.4) is 0 Å². The van der Waals surface area contributed by atoms with Gasteiger partial charge >= 0.3 is 5.97 Å². The standard InChI is InChI=1S/C27H41NO7S/c1-15-7-9-21(30)19(13-29)8-10-22(16(2)11-20-14-36-18(4)28-20)35-24(32)12-23(31)27(5,6)26(34)17(3)25(15)33/h8,11,14-15,17,21-23,25,29-31,33H,7,9-10,12-13H2,1-6H3/t15-,17+,21?,22-,23-,25-/m0/s1. The molecule has 0 amide bonds. The summed E-state index contributed by atoms with van der Waals surface area (Å²) in [5.41, 5.74) is 0.566. The molecule has 0 spiro atoms. The minimum absolute atomic E-state index is 0.206. The molecule has 0 fully saturated rings. The fourth-order valence-corrected chi connectivity index (χ4v) is 5.03. The number of aromatic nitrogens is 1. The van der Waals surface area contributed by atoms with Crippen molar-refractivity contribution >= 4 is 29.2 Å². The van der Waals surface area contributed by atoms with Crippen LogP contribution in [0.1, 0.15) is 71.0 Å². The fourth-order valence-electron chi connectivity index (χ4n) is 4.46. The number of esters is 1. The van der Waals surface area contributed by atoms with E-state index < -0.39 is 48.1 Å². The molecule has 6 atom stereocenters. The van der Waals surface area contributed by atoms with Crippen LogP contribution in [0.5, 0.6) is 0 Å². The van der Waals surface area contributed by atoms with Gasteiger partial charge in [0.25, 0.3) is 0 Å². The van der Waals surface area contributed by atoms with E-state index in [0.717, 1.165) is 10.7 Å². The topological polar surface area (TPSA) is 137 Å². The molecule has 1 aliphatic rings. The van der Waals surface area contributed by atoms with E-state index in [9.17, 15) is 30.0 Å². The van der Waals surface area contributed by atoms with Crippen LogP contribution in [0, 0.1) is 24.2 Å². The largest absolute Gasteiger partial charge is 0.457 e. The van der Waals surface area contributed by atoms with E-state index in [1.807, 2.05) is 25.3 Å². The summed E-state index contributed by atoms with van der Waals surface area (Å²) < 4.78 is 5.72. The molecular formula is C27H41NO7S. The number of aliphatic hydroxyl groups is 4. The van der Waals surface area contributed by atoms with E-state index in [2.05, 4.69) is 4.98 Å². The van der Waals surface area contributed by atoms with Gasteiger partial charge in [-0.1, -0.05) is 33.8 Å². The lowest BCUT2D eigenvalue weighted by Crippen LogP contribution is -2.45. The van der Waals surface area contributed by atoms with E-state index in [-0.39, 0.29) is 31.1 Å². The number of nitrogens with zero attached hydrogens (tertiary/aromatic N) is 1. The normalized spacial score (nSPS) is 31.6. The third-order valence-corrected chi connectivity index (χ3v) is 8.02. The van der Waals surface area contributed by atoms with E-state index in [1.54, 1.807) is 33.8 Å². The van der Waals surface area contributed by atoms with Gasteiger partial charge in [-0.05, 0) is 49.8 Å². The second-order valence-electron chi connectivity index (χ2n) is 10.5. The van der Waals surface area contributed by atoms with Crippen LogP contribution in [-0.4, -0.2) is 68.2 Å². The minimum atomic E-state index is -1.30. The predicted octanol–water partition coefficient (Wildman–Crippen LogP) is 3.21. The van der Waals surface area contributed by atoms with Crippen molar-refractivity contribution in [3.05, 3.63) is 33.3 Å². The third kappa shape index (κ3) is 7.79. The van der Waals surface area contributed by atoms with Crippen LogP contribution in [0.15, 0.2) is 22.6 Å². The molecule has 202 valence electrons. The molecule has 2 heterocycles. The van der Waals surface area contributed by atoms with Gasteiger partial charge in [0, 0.05) is 17.7 Å². The van der Waals surface area contributed by atoms with Gasteiger partial charge < -0.3 is 25.2 Å². The van der Waals surface area contributed by atoms with Crippen molar-refractivity contribution in [3.8, 4) is 0 Å². The number of ether oxygens (including phenoxy) is 1. The fraction of sp³-hybridized carbons (Fsp3) is 0.667. The molecule has 0 saturated heterocycles. The van der Waals surface area contributed by atoms with Crippen LogP contribution in [0.25, 0.3) is 6.08 Å². The molecule has 1 aromatic rings. The zero-order valence-corrected chi connectivity index (χ0v) is 22.9. The summed E-state index contributed by atoms with van der Waals surface area (Å²) in [4.78, 5) is 30.5. The Morgan fingerprint density at radius 2 is 1.89 bits per heavy atom. The highest BCUT2D eigenvalue weighted by molar-refractivity contribution is 7.09. The maximum absolute atomic E-state index is 13.2. The molecule has 0 saturated carbocycles. The quantitative estimate of drug-likeness (QED) is 0.350. The summed E-state index contributed by atoms with van der Waals surface area (Å²) in [6.45, 7) is 9.88. The Hall–Kier alpha value is -1.91. The van der Waals surface area contributed by atoms with Gasteiger partial charge in [-0.25, -0.2) is 4.98 Å². The molecule has 0 aromatic carbocycles. The Kier molecular flexibility index (Phi) is 11.0. The lowest BCUT2D eigenvalue weighted by molar-refractivity contribution is -0.154. The first-order chi connectivity index (χ1) is 16.8. The predicted molar refractivity (Wildman–Crippen MR) is 139 cm³/mol. The molecule has 8 nitrogen and oxygen atoms in total. The zero-order valence-electron chi connectivity index (χ0n) is 22.1. The molecular weight excluding hydrogens is 482 g/mol. The molecule has 1 aromatic heterocycles. The average Bonchev–Trinajstić information content (AvgIpc) is 3.23. The Morgan fingerprint density at radius 3 is 2.47 bits per heavy atom. The summed E-state index contributed by atoms with van der Waals surface area (Å²) in [6, 6.07) is 0. The Balaban J connectivity index is 2.42. The highest BCUT2D eigenvalue weighted by Gasteiger charge is 2.42. The van der Waals surface area contributed by atoms with Crippen molar-refractivity contribution in [2.45, 2.75) is 91.6 Å². The van der Waals surface area contributed by atoms with Crippen molar-refractivity contribution in [2.75, 3.05) is 6.61 Å². The van der Waals surface area contributed by atoms with Crippen LogP contribution >= 0.6 is 11.3 Å². The average molecular weight is 524 g/mol. The molecule has 2 rings (SSSR count). The van der Waals surface area contributed by atoms with E-state index in [0.29, 0.717) is 17.6 Å². The van der Waals surface area contributed by atoms with Gasteiger partial charge in [-0.15, -0.1) is 11.3 Å². The summed E-state index contributed by atoms with van der Waals surface area (Å²) in [6.07, 6.45) is 0.0818. The molecule has 0 radical (unpaired) electrons. The van der Waals surface area contributed by atoms with Crippen molar-refractivity contribution in [3.63, 3.8) is 0 Å². The Bertz CT molecular complexity index is 967. The molecule has 36 heavy (non-hydrogen) atoms. The molecule has 4 N–H and O–H groups in total. The van der Waals surface area contributed by atoms with Crippen molar-refractivity contribution in [1.82, 2.24) is 4.98 Å². The summed E-state index contributed by atoms with van der Waals surface area (Å²) in [5, 5.41) is 45.0. The molecule has 1 unspecified atom stereocenters. The number of cyclic esters (lactones) is 1. The summed E-state index contributed by atoms with van der Waals surface area (Å²) in [5.74, 6) is -2.11. The monoisotopic (exact) mass is 523 g/mol. The lowest BCUT2D eigenvalue weighted by atomic mass is 9.73. The Labute approximate surface area is 217 Å². The zero-order chi connectivity index (χ0) is 27.2. The number of Topliss-reactive ketones (excluding diaryl/α,β-unsaturated/α-hetero) is 1. The van der Waals surface area contributed by atoms with E-state index in [4.69, 9.17) is 4.74 Å². The molecule has 1 aliphatic heterocycles. The number of hydrogen-bond donors (Lipinski definition) is 4. The number of carbonyl (C=O) groups is 2. The highest BCUT2D eigenvalue weighted by atomic mass is 32.1. The summed E-state index contributed by atoms with van der Waals surface area (Å²) >= 11 is 1.50. The van der Waals surface area contributed by atoms with Crippen LogP contribution in [0.4, 0.5) is 0 Å². The second kappa shape index (κ2) is 13.1. The molecule has 9 heteroatoms. The number of ketones is 1. The van der Waals surface area contributed by atoms with E-state index in [1.165, 1.54) is 11.3 Å². The first-order valence-electron chi connectivity index (χ1n) is 12.5. The second-order valence-corrected chi connectivity index (χ2v) is 11.5. The van der Waals surface area contributed by atoms with Crippen molar-refractivity contribution in [1.29, 1.82) is 0 Å². The number of hydrogen-bond acceptors (Lipinski definition) is 9. The van der Waals surface area contributed by atoms with Gasteiger partial charge in [0.05, 0.1) is 47.5 Å².